The molecule has 0 aliphatic heterocycles. The molecule has 2 heterocycles. The number of hydrogen-bond acceptors (Lipinski definition) is 0. The second-order valence-corrected chi connectivity index (χ2v) is 15.8. The Hall–Kier alpha value is -4.22. The van der Waals surface area contributed by atoms with Gasteiger partial charge in [0, 0.05) is 32.9 Å². The largest absolute Gasteiger partial charge is 0.309 e. The van der Waals surface area contributed by atoms with E-state index in [0.29, 0.717) is 7.61 Å². The predicted molar refractivity (Wildman–Crippen MR) is 189 cm³/mol. The third-order valence-corrected chi connectivity index (χ3v) is 7.71. The fraction of sp³-hybridized carbons (Fsp3) is 0.0526. The van der Waals surface area contributed by atoms with Crippen molar-refractivity contribution in [2.75, 3.05) is 13.3 Å². The van der Waals surface area contributed by atoms with Crippen LogP contribution < -0.4 is 0 Å². The second kappa shape index (κ2) is 11.2. The zero-order valence-electron chi connectivity index (χ0n) is 23.8. The molecule has 0 saturated heterocycles. The van der Waals surface area contributed by atoms with E-state index in [9.17, 15) is 0 Å². The van der Waals surface area contributed by atoms with Gasteiger partial charge in [0.2, 0.25) is 0 Å². The van der Waals surface area contributed by atoms with E-state index in [0.717, 1.165) is 0 Å². The molecule has 0 radical (unpaired) electrons. The third-order valence-electron chi connectivity index (χ3n) is 7.71. The lowest BCUT2D eigenvalue weighted by Gasteiger charge is -2.09. The average molecular weight is 579 g/mol. The maximum Gasteiger partial charge on any atom is 0.0541 e. The zero-order chi connectivity index (χ0) is 28.6. The molecule has 0 aliphatic rings. The first-order chi connectivity index (χ1) is 20.6. The van der Waals surface area contributed by atoms with Gasteiger partial charge in [-0.2, -0.15) is 0 Å². The molecule has 0 fully saturated rings. The predicted octanol–water partition coefficient (Wildman–Crippen LogP) is 11.1. The molecule has 204 valence electrons. The Morgan fingerprint density at radius 3 is 1.14 bits per heavy atom. The van der Waals surface area contributed by atoms with Gasteiger partial charge >= 0.3 is 0 Å². The van der Waals surface area contributed by atoms with Crippen LogP contribution in [0.5, 0.6) is 0 Å². The lowest BCUT2D eigenvalue weighted by Crippen LogP contribution is -1.93. The van der Waals surface area contributed by atoms with Crippen LogP contribution in [0.15, 0.2) is 146 Å². The molecular weight excluding hydrogens is 546 g/mol. The highest BCUT2D eigenvalue weighted by Crippen LogP contribution is 2.38. The van der Waals surface area contributed by atoms with Crippen molar-refractivity contribution in [3.05, 3.63) is 146 Å². The summed E-state index contributed by atoms with van der Waals surface area (Å²) in [5, 5.41) is 5.09. The number of rotatable bonds is 3. The Morgan fingerprint density at radius 1 is 0.405 bits per heavy atom. The molecule has 0 N–H and O–H groups in total. The van der Waals surface area contributed by atoms with Crippen molar-refractivity contribution in [3.63, 3.8) is 0 Å². The van der Waals surface area contributed by atoms with E-state index in [2.05, 4.69) is 177 Å². The minimum atomic E-state index is 0.296. The molecule has 0 amide bonds. The highest BCUT2D eigenvalue weighted by Gasteiger charge is 2.15. The molecule has 2 nitrogen and oxygen atoms in total. The molecule has 1 unspecified atom stereocenters. The van der Waals surface area contributed by atoms with Gasteiger partial charge in [0.05, 0.1) is 22.1 Å². The Balaban J connectivity index is 0.000000680. The van der Waals surface area contributed by atoms with Crippen LogP contribution in [0.1, 0.15) is 0 Å². The summed E-state index contributed by atoms with van der Waals surface area (Å²) in [4.78, 5) is 0. The molecule has 0 spiro atoms. The van der Waals surface area contributed by atoms with Gasteiger partial charge in [0.1, 0.15) is 0 Å². The maximum atomic E-state index is 2.72. The molecule has 6 aromatic carbocycles. The Bertz CT molecular complexity index is 2020. The van der Waals surface area contributed by atoms with Gasteiger partial charge in [-0.25, -0.2) is 0 Å². The summed E-state index contributed by atoms with van der Waals surface area (Å²) in [6.07, 6.45) is 0. The molecule has 0 saturated carbocycles. The highest BCUT2D eigenvalue weighted by atomic mass is 32.0. The number of nitrogens with zero attached hydrogens (tertiary/aromatic N) is 2. The SMILES string of the molecule is CP(C)P.c1ccc(-n2c3ccccc3c3cc(-c4ccc5c(c4)c4ccccc4n5-c4ccccc4)ccc32)cc1. The van der Waals surface area contributed by atoms with Crippen molar-refractivity contribution >= 4 is 60.2 Å². The first kappa shape index (κ1) is 26.7. The summed E-state index contributed by atoms with van der Waals surface area (Å²) < 4.78 is 4.73. The average Bonchev–Trinajstić information content (AvgIpc) is 3.54. The van der Waals surface area contributed by atoms with Gasteiger partial charge in [0.15, 0.2) is 0 Å². The van der Waals surface area contributed by atoms with Gasteiger partial charge < -0.3 is 9.13 Å². The van der Waals surface area contributed by atoms with E-state index >= 15 is 0 Å². The maximum absolute atomic E-state index is 2.72. The summed E-state index contributed by atoms with van der Waals surface area (Å²) in [5.41, 5.74) is 9.73. The summed E-state index contributed by atoms with van der Waals surface area (Å²) in [7, 11) is 3.02. The molecule has 4 heteroatoms. The van der Waals surface area contributed by atoms with E-state index in [4.69, 9.17) is 0 Å². The van der Waals surface area contributed by atoms with Crippen LogP contribution >= 0.6 is 16.5 Å². The minimum Gasteiger partial charge on any atom is -0.309 e. The van der Waals surface area contributed by atoms with Crippen molar-refractivity contribution in [2.24, 2.45) is 0 Å². The molecule has 2 aromatic heterocycles. The lowest BCUT2D eigenvalue weighted by atomic mass is 10.0. The standard InChI is InChI=1S/C36H24N2.C2H8P2/c1-3-11-27(12-4-1)37-33-17-9-7-15-29(33)31-23-25(19-21-35(31)37)26-20-22-36-32(24-26)30-16-8-10-18-34(30)38(36)28-13-5-2-6-14-28;1-4(2)3/h1-24H;3H2,1-2H3. The molecule has 0 aliphatic carbocycles. The van der Waals surface area contributed by atoms with Crippen LogP contribution in [-0.4, -0.2) is 22.5 Å². The zero-order valence-corrected chi connectivity index (χ0v) is 25.8. The molecular formula is C38H32N2P2. The van der Waals surface area contributed by atoms with Gasteiger partial charge in [-0.1, -0.05) is 92.5 Å². The van der Waals surface area contributed by atoms with Gasteiger partial charge in [-0.15, -0.1) is 8.93 Å². The van der Waals surface area contributed by atoms with Crippen molar-refractivity contribution in [1.82, 2.24) is 9.13 Å². The number of fused-ring (bicyclic) bond motifs is 6. The Morgan fingerprint density at radius 2 is 0.738 bits per heavy atom. The van der Waals surface area contributed by atoms with Crippen molar-refractivity contribution in [1.29, 1.82) is 0 Å². The molecule has 1 atom stereocenters. The minimum absolute atomic E-state index is 0.296. The second-order valence-electron chi connectivity index (χ2n) is 10.8. The fourth-order valence-electron chi connectivity index (χ4n) is 6.02. The van der Waals surface area contributed by atoms with E-state index < -0.39 is 0 Å². The molecule has 42 heavy (non-hydrogen) atoms. The molecule has 8 rings (SSSR count). The van der Waals surface area contributed by atoms with Crippen LogP contribution in [0.3, 0.4) is 0 Å². The summed E-state index contributed by atoms with van der Waals surface area (Å²) >= 11 is 0. The van der Waals surface area contributed by atoms with Crippen LogP contribution in [0.4, 0.5) is 0 Å². The highest BCUT2D eigenvalue weighted by molar-refractivity contribution is 8.12. The monoisotopic (exact) mass is 578 g/mol. The first-order valence-electron chi connectivity index (χ1n) is 14.2. The van der Waals surface area contributed by atoms with Gasteiger partial charge in [-0.3, -0.25) is 0 Å². The van der Waals surface area contributed by atoms with E-state index in [1.807, 2.05) is 0 Å². The smallest absolute Gasteiger partial charge is 0.0541 e. The van der Waals surface area contributed by atoms with Crippen LogP contribution in [0.25, 0.3) is 66.1 Å². The van der Waals surface area contributed by atoms with Crippen molar-refractivity contribution in [2.45, 2.75) is 0 Å². The Labute approximate surface area is 250 Å². The Kier molecular flexibility index (Phi) is 7.12. The third kappa shape index (κ3) is 4.72. The number of aromatic nitrogens is 2. The normalized spacial score (nSPS) is 11.4. The number of para-hydroxylation sites is 4. The molecule has 8 aromatic rings. The fourth-order valence-corrected chi connectivity index (χ4v) is 6.02. The summed E-state index contributed by atoms with van der Waals surface area (Å²) in [6.45, 7) is 4.39. The van der Waals surface area contributed by atoms with E-state index in [1.54, 1.807) is 0 Å². The first-order valence-corrected chi connectivity index (χ1v) is 18.1. The number of benzene rings is 6. The number of hydrogen-bond donors (Lipinski definition) is 0. The summed E-state index contributed by atoms with van der Waals surface area (Å²) in [5.74, 6) is 0. The lowest BCUT2D eigenvalue weighted by molar-refractivity contribution is 1.18. The van der Waals surface area contributed by atoms with Gasteiger partial charge in [-0.05, 0) is 85.1 Å². The van der Waals surface area contributed by atoms with Crippen molar-refractivity contribution < 1.29 is 0 Å². The van der Waals surface area contributed by atoms with Crippen LogP contribution in [0, 0.1) is 0 Å². The quantitative estimate of drug-likeness (QED) is 0.185. The molecule has 0 bridgehead atoms. The van der Waals surface area contributed by atoms with Crippen LogP contribution in [0.2, 0.25) is 0 Å². The van der Waals surface area contributed by atoms with Crippen molar-refractivity contribution in [3.8, 4) is 22.5 Å². The summed E-state index contributed by atoms with van der Waals surface area (Å²) in [6, 6.07) is 52.4. The van der Waals surface area contributed by atoms with E-state index in [1.165, 1.54) is 66.1 Å². The topological polar surface area (TPSA) is 9.86 Å². The van der Waals surface area contributed by atoms with E-state index in [-0.39, 0.29) is 0 Å². The van der Waals surface area contributed by atoms with Gasteiger partial charge in [0.25, 0.3) is 0 Å². The van der Waals surface area contributed by atoms with Crippen LogP contribution in [-0.2, 0) is 0 Å².